The summed E-state index contributed by atoms with van der Waals surface area (Å²) in [5.74, 6) is 0.341. The largest absolute Gasteiger partial charge is 0.467 e. The highest BCUT2D eigenvalue weighted by Gasteiger charge is 2.36. The van der Waals surface area contributed by atoms with Crippen molar-refractivity contribution in [3.05, 3.63) is 52.2 Å². The van der Waals surface area contributed by atoms with Gasteiger partial charge in [0.15, 0.2) is 6.04 Å². The van der Waals surface area contributed by atoms with E-state index >= 15 is 0 Å². The highest BCUT2D eigenvalue weighted by Crippen LogP contribution is 2.34. The van der Waals surface area contributed by atoms with Crippen LogP contribution in [0.5, 0.6) is 0 Å². The Labute approximate surface area is 149 Å². The third-order valence-corrected chi connectivity index (χ3v) is 6.05. The lowest BCUT2D eigenvalue weighted by molar-refractivity contribution is -0.153. The van der Waals surface area contributed by atoms with Gasteiger partial charge in [-0.15, -0.1) is 23.1 Å². The molecular formula is C18H19NO3S2. The molecule has 1 unspecified atom stereocenters. The van der Waals surface area contributed by atoms with Crippen LogP contribution in [0, 0.1) is 0 Å². The summed E-state index contributed by atoms with van der Waals surface area (Å²) in [5, 5.41) is 1.97. The number of carbonyl (C=O) groups excluding carboxylic acids is 2. The predicted molar refractivity (Wildman–Crippen MR) is 96.3 cm³/mol. The Morgan fingerprint density at radius 1 is 1.29 bits per heavy atom. The second-order valence-corrected chi connectivity index (χ2v) is 7.64. The average Bonchev–Trinajstić information content (AvgIpc) is 3.09. The van der Waals surface area contributed by atoms with Gasteiger partial charge in [0.25, 0.3) is 0 Å². The maximum atomic E-state index is 12.7. The van der Waals surface area contributed by atoms with Gasteiger partial charge in [-0.05, 0) is 35.6 Å². The second kappa shape index (κ2) is 7.85. The number of hydrogen-bond acceptors (Lipinski definition) is 5. The summed E-state index contributed by atoms with van der Waals surface area (Å²) >= 11 is 3.29. The maximum Gasteiger partial charge on any atom is 0.333 e. The van der Waals surface area contributed by atoms with E-state index in [2.05, 4.69) is 0 Å². The summed E-state index contributed by atoms with van der Waals surface area (Å²) in [7, 11) is 1.37. The van der Waals surface area contributed by atoms with Crippen molar-refractivity contribution < 1.29 is 14.3 Å². The molecular weight excluding hydrogens is 342 g/mol. The van der Waals surface area contributed by atoms with Gasteiger partial charge >= 0.3 is 5.97 Å². The zero-order valence-electron chi connectivity index (χ0n) is 13.4. The highest BCUT2D eigenvalue weighted by molar-refractivity contribution is 7.99. The first-order valence-electron chi connectivity index (χ1n) is 7.82. The van der Waals surface area contributed by atoms with Gasteiger partial charge in [0, 0.05) is 28.5 Å². The van der Waals surface area contributed by atoms with Crippen molar-refractivity contribution in [2.45, 2.75) is 23.8 Å². The van der Waals surface area contributed by atoms with E-state index in [0.29, 0.717) is 18.7 Å². The van der Waals surface area contributed by atoms with Crippen molar-refractivity contribution in [3.8, 4) is 0 Å². The molecule has 4 nitrogen and oxygen atoms in total. The van der Waals surface area contributed by atoms with Gasteiger partial charge in [-0.1, -0.05) is 18.2 Å². The molecule has 1 aromatic carbocycles. The first-order valence-corrected chi connectivity index (χ1v) is 9.68. The number of rotatable bonds is 5. The normalized spacial score (nSPS) is 16.5. The quantitative estimate of drug-likeness (QED) is 0.604. The van der Waals surface area contributed by atoms with Gasteiger partial charge in [-0.3, -0.25) is 4.79 Å². The van der Waals surface area contributed by atoms with Crippen LogP contribution in [0.3, 0.4) is 0 Å². The molecule has 1 amide bonds. The van der Waals surface area contributed by atoms with Gasteiger partial charge < -0.3 is 9.64 Å². The van der Waals surface area contributed by atoms with E-state index < -0.39 is 6.04 Å². The van der Waals surface area contributed by atoms with Crippen molar-refractivity contribution in [2.24, 2.45) is 0 Å². The Bertz CT molecular complexity index is 714. The van der Waals surface area contributed by atoms with Crippen molar-refractivity contribution in [3.63, 3.8) is 0 Å². The number of methoxy groups -OCH3 is 1. The van der Waals surface area contributed by atoms with Crippen LogP contribution in [0.25, 0.3) is 0 Å². The molecule has 0 aliphatic carbocycles. The van der Waals surface area contributed by atoms with Gasteiger partial charge in [-0.2, -0.15) is 0 Å². The van der Waals surface area contributed by atoms with Crippen molar-refractivity contribution in [2.75, 3.05) is 19.4 Å². The lowest BCUT2D eigenvalue weighted by Crippen LogP contribution is -2.43. The van der Waals surface area contributed by atoms with Crippen molar-refractivity contribution >= 4 is 35.0 Å². The second-order valence-electron chi connectivity index (χ2n) is 5.47. The van der Waals surface area contributed by atoms with E-state index in [9.17, 15) is 9.59 Å². The molecule has 0 bridgehead atoms. The van der Waals surface area contributed by atoms with Crippen LogP contribution in [0.15, 0.2) is 46.7 Å². The molecule has 3 rings (SSSR count). The minimum Gasteiger partial charge on any atom is -0.467 e. The zero-order valence-corrected chi connectivity index (χ0v) is 15.1. The molecule has 2 aromatic rings. The summed E-state index contributed by atoms with van der Waals surface area (Å²) in [4.78, 5) is 28.9. The van der Waals surface area contributed by atoms with Crippen LogP contribution in [0.2, 0.25) is 0 Å². The third-order valence-electron chi connectivity index (χ3n) is 4.04. The molecule has 0 spiro atoms. The first-order chi connectivity index (χ1) is 11.7. The summed E-state index contributed by atoms with van der Waals surface area (Å²) in [6, 6.07) is 11.3. The Balaban J connectivity index is 1.66. The minimum atomic E-state index is -0.598. The van der Waals surface area contributed by atoms with Crippen LogP contribution in [0.1, 0.15) is 22.9 Å². The number of amides is 1. The van der Waals surface area contributed by atoms with E-state index in [4.69, 9.17) is 4.74 Å². The molecule has 0 saturated heterocycles. The molecule has 24 heavy (non-hydrogen) atoms. The molecule has 1 aliphatic rings. The fourth-order valence-corrected chi connectivity index (χ4v) is 4.63. The summed E-state index contributed by atoms with van der Waals surface area (Å²) in [6.45, 7) is 0.572. The molecule has 0 fully saturated rings. The van der Waals surface area contributed by atoms with E-state index in [1.807, 2.05) is 41.8 Å². The van der Waals surface area contributed by atoms with E-state index in [1.54, 1.807) is 28.0 Å². The van der Waals surface area contributed by atoms with Gasteiger partial charge in [0.05, 0.1) is 7.11 Å². The monoisotopic (exact) mass is 361 g/mol. The summed E-state index contributed by atoms with van der Waals surface area (Å²) in [6.07, 6.45) is 1.21. The topological polar surface area (TPSA) is 46.6 Å². The fraction of sp³-hybridized carbons (Fsp3) is 0.333. The molecule has 0 radical (unpaired) electrons. The van der Waals surface area contributed by atoms with E-state index in [-0.39, 0.29) is 11.9 Å². The number of hydrogen-bond donors (Lipinski definition) is 0. The maximum absolute atomic E-state index is 12.7. The third kappa shape index (κ3) is 3.65. The molecule has 0 saturated carbocycles. The SMILES string of the molecule is COC(=O)C1c2ccsc2CCN1C(=O)CCSc1ccccc1. The highest BCUT2D eigenvalue weighted by atomic mass is 32.2. The number of fused-ring (bicyclic) bond motifs is 1. The lowest BCUT2D eigenvalue weighted by atomic mass is 9.99. The molecule has 0 N–H and O–H groups in total. The van der Waals surface area contributed by atoms with Crippen LogP contribution in [-0.2, 0) is 20.7 Å². The summed E-state index contributed by atoms with van der Waals surface area (Å²) in [5.41, 5.74) is 0.919. The number of nitrogens with zero attached hydrogens (tertiary/aromatic N) is 1. The number of carbonyl (C=O) groups is 2. The Morgan fingerprint density at radius 2 is 2.08 bits per heavy atom. The van der Waals surface area contributed by atoms with Gasteiger partial charge in [-0.25, -0.2) is 4.79 Å². The Kier molecular flexibility index (Phi) is 5.58. The van der Waals surface area contributed by atoms with E-state index in [1.165, 1.54) is 12.0 Å². The van der Waals surface area contributed by atoms with Gasteiger partial charge in [0.1, 0.15) is 0 Å². The number of ether oxygens (including phenoxy) is 1. The first kappa shape index (κ1) is 17.0. The van der Waals surface area contributed by atoms with Crippen LogP contribution >= 0.6 is 23.1 Å². The summed E-state index contributed by atoms with van der Waals surface area (Å²) < 4.78 is 4.94. The Morgan fingerprint density at radius 3 is 2.83 bits per heavy atom. The number of thioether (sulfide) groups is 1. The zero-order chi connectivity index (χ0) is 16.9. The van der Waals surface area contributed by atoms with E-state index in [0.717, 1.165) is 16.9 Å². The fourth-order valence-electron chi connectivity index (χ4n) is 2.87. The van der Waals surface area contributed by atoms with Crippen LogP contribution in [0.4, 0.5) is 0 Å². The number of benzene rings is 1. The standard InChI is InChI=1S/C18H19NO3S2/c1-22-18(21)17-14-8-11-24-15(14)7-10-19(17)16(20)9-12-23-13-5-3-2-4-6-13/h2-6,8,11,17H,7,9-10,12H2,1H3. The number of thiophene rings is 1. The molecule has 1 atom stereocenters. The lowest BCUT2D eigenvalue weighted by Gasteiger charge is -2.34. The van der Waals surface area contributed by atoms with Crippen molar-refractivity contribution in [1.82, 2.24) is 4.90 Å². The van der Waals surface area contributed by atoms with Crippen LogP contribution in [-0.4, -0.2) is 36.2 Å². The average molecular weight is 361 g/mol. The predicted octanol–water partition coefficient (Wildman–Crippen LogP) is 3.53. The minimum absolute atomic E-state index is 0.00526. The molecule has 1 aliphatic heterocycles. The van der Waals surface area contributed by atoms with Gasteiger partial charge in [0.2, 0.25) is 5.91 Å². The molecule has 126 valence electrons. The van der Waals surface area contributed by atoms with Crippen LogP contribution < -0.4 is 0 Å². The van der Waals surface area contributed by atoms with Crippen molar-refractivity contribution in [1.29, 1.82) is 0 Å². The Hall–Kier alpha value is -1.79. The number of esters is 1. The molecule has 6 heteroatoms. The molecule has 2 heterocycles. The molecule has 1 aromatic heterocycles. The smallest absolute Gasteiger partial charge is 0.333 e.